The number of rotatable bonds is 3. The molecule has 0 spiro atoms. The van der Waals surface area contributed by atoms with Crippen LogP contribution in [0, 0.1) is 0 Å². The molecular weight excluding hydrogens is 285 g/mol. The molecule has 1 aliphatic heterocycles. The summed E-state index contributed by atoms with van der Waals surface area (Å²) < 4.78 is 43.9. The van der Waals surface area contributed by atoms with Crippen molar-refractivity contribution in [1.82, 2.24) is 10.2 Å². The maximum atomic E-state index is 12.9. The number of carbonyl (C=O) groups is 1. The van der Waals surface area contributed by atoms with Crippen LogP contribution in [0.2, 0.25) is 0 Å². The molecule has 7 heteroatoms. The lowest BCUT2D eigenvalue weighted by Crippen LogP contribution is -2.51. The molecule has 0 radical (unpaired) electrons. The van der Waals surface area contributed by atoms with Crippen molar-refractivity contribution in [3.05, 3.63) is 35.4 Å². The van der Waals surface area contributed by atoms with Crippen LogP contribution >= 0.6 is 0 Å². The van der Waals surface area contributed by atoms with Crippen LogP contribution in [0.1, 0.15) is 11.1 Å². The molecule has 0 bridgehead atoms. The monoisotopic (exact) mass is 302 g/mol. The van der Waals surface area contributed by atoms with Crippen LogP contribution < -0.4 is 5.32 Å². The molecule has 1 N–H and O–H groups in total. The van der Waals surface area contributed by atoms with Crippen LogP contribution in [-0.4, -0.2) is 43.7 Å². The summed E-state index contributed by atoms with van der Waals surface area (Å²) in [6.45, 7) is 1.24. The fraction of sp³-hybridized carbons (Fsp3) is 0.500. The Morgan fingerprint density at radius 2 is 2.14 bits per heavy atom. The average Bonchev–Trinajstić information content (AvgIpc) is 2.47. The summed E-state index contributed by atoms with van der Waals surface area (Å²) in [4.78, 5) is 13.5. The molecule has 1 aromatic rings. The predicted octanol–water partition coefficient (Wildman–Crippen LogP) is 1.65. The highest BCUT2D eigenvalue weighted by atomic mass is 19.4. The number of halogens is 3. The molecule has 1 aromatic carbocycles. The standard InChI is InChI=1S/C14H17F3N2O2/c1-19(13(20)12-9-21-7-6-18-12)8-10-4-2-3-5-11(10)14(15,16)17/h2-5,12,18H,6-9H2,1H3/t12-/m0/s1. The minimum atomic E-state index is -4.42. The Morgan fingerprint density at radius 1 is 1.43 bits per heavy atom. The molecule has 1 amide bonds. The van der Waals surface area contributed by atoms with Crippen LogP contribution in [0.5, 0.6) is 0 Å². The van der Waals surface area contributed by atoms with Gasteiger partial charge in [-0.2, -0.15) is 13.2 Å². The Hall–Kier alpha value is -1.60. The van der Waals surface area contributed by atoms with E-state index in [-0.39, 0.29) is 24.6 Å². The molecule has 1 atom stereocenters. The van der Waals surface area contributed by atoms with Crippen molar-refractivity contribution in [1.29, 1.82) is 0 Å². The zero-order valence-corrected chi connectivity index (χ0v) is 11.6. The maximum absolute atomic E-state index is 12.9. The van der Waals surface area contributed by atoms with Gasteiger partial charge in [0.2, 0.25) is 5.91 Å². The van der Waals surface area contributed by atoms with E-state index in [1.165, 1.54) is 30.1 Å². The van der Waals surface area contributed by atoms with Crippen molar-refractivity contribution in [2.24, 2.45) is 0 Å². The molecule has 116 valence electrons. The van der Waals surface area contributed by atoms with E-state index in [0.29, 0.717) is 13.2 Å². The summed E-state index contributed by atoms with van der Waals surface area (Å²) >= 11 is 0. The van der Waals surface area contributed by atoms with Gasteiger partial charge in [-0.05, 0) is 11.6 Å². The Bertz CT molecular complexity index is 499. The van der Waals surface area contributed by atoms with Crippen LogP contribution in [0.15, 0.2) is 24.3 Å². The molecule has 4 nitrogen and oxygen atoms in total. The highest BCUT2D eigenvalue weighted by molar-refractivity contribution is 5.82. The lowest BCUT2D eigenvalue weighted by Gasteiger charge is -2.28. The number of hydrogen-bond donors (Lipinski definition) is 1. The predicted molar refractivity (Wildman–Crippen MR) is 70.5 cm³/mol. The van der Waals surface area contributed by atoms with Crippen LogP contribution in [0.3, 0.4) is 0 Å². The molecule has 0 aliphatic carbocycles. The Labute approximate surface area is 120 Å². The number of hydrogen-bond acceptors (Lipinski definition) is 3. The third-order valence-electron chi connectivity index (χ3n) is 3.33. The molecule has 0 aromatic heterocycles. The van der Waals surface area contributed by atoms with Gasteiger partial charge >= 0.3 is 6.18 Å². The molecule has 1 heterocycles. The zero-order chi connectivity index (χ0) is 15.5. The summed E-state index contributed by atoms with van der Waals surface area (Å²) in [5.74, 6) is -0.272. The van der Waals surface area contributed by atoms with Crippen LogP contribution in [-0.2, 0) is 22.3 Å². The van der Waals surface area contributed by atoms with E-state index in [1.54, 1.807) is 0 Å². The number of nitrogens with one attached hydrogen (secondary N) is 1. The van der Waals surface area contributed by atoms with E-state index in [9.17, 15) is 18.0 Å². The molecule has 0 unspecified atom stereocenters. The second-order valence-corrected chi connectivity index (χ2v) is 4.93. The molecule has 1 fully saturated rings. The highest BCUT2D eigenvalue weighted by Gasteiger charge is 2.33. The SMILES string of the molecule is CN(Cc1ccccc1C(F)(F)F)C(=O)[C@@H]1COCCN1. The first-order chi connectivity index (χ1) is 9.89. The van der Waals surface area contributed by atoms with Gasteiger partial charge < -0.3 is 15.0 Å². The summed E-state index contributed by atoms with van der Waals surface area (Å²) in [5.41, 5.74) is -0.630. The Kier molecular flexibility index (Phi) is 4.84. The Morgan fingerprint density at radius 3 is 2.76 bits per heavy atom. The zero-order valence-electron chi connectivity index (χ0n) is 11.6. The lowest BCUT2D eigenvalue weighted by atomic mass is 10.1. The van der Waals surface area contributed by atoms with Crippen LogP contribution in [0.25, 0.3) is 0 Å². The van der Waals surface area contributed by atoms with Gasteiger partial charge in [0.1, 0.15) is 6.04 Å². The van der Waals surface area contributed by atoms with Crippen LogP contribution in [0.4, 0.5) is 13.2 Å². The normalized spacial score (nSPS) is 19.3. The van der Waals surface area contributed by atoms with Gasteiger partial charge in [0.15, 0.2) is 0 Å². The van der Waals surface area contributed by atoms with Crippen molar-refractivity contribution < 1.29 is 22.7 Å². The number of ether oxygens (including phenoxy) is 1. The first-order valence-electron chi connectivity index (χ1n) is 6.61. The van der Waals surface area contributed by atoms with Gasteiger partial charge in [-0.1, -0.05) is 18.2 Å². The second kappa shape index (κ2) is 6.44. The van der Waals surface area contributed by atoms with Crippen molar-refractivity contribution >= 4 is 5.91 Å². The number of benzene rings is 1. The van der Waals surface area contributed by atoms with E-state index in [0.717, 1.165) is 6.07 Å². The first-order valence-corrected chi connectivity index (χ1v) is 6.61. The van der Waals surface area contributed by atoms with Gasteiger partial charge in [0.05, 0.1) is 18.8 Å². The minimum absolute atomic E-state index is 0.0811. The third-order valence-corrected chi connectivity index (χ3v) is 3.33. The third kappa shape index (κ3) is 3.95. The van der Waals surface area contributed by atoms with Crippen molar-refractivity contribution in [2.45, 2.75) is 18.8 Å². The molecule has 0 saturated carbocycles. The second-order valence-electron chi connectivity index (χ2n) is 4.93. The molecular formula is C14H17F3N2O2. The maximum Gasteiger partial charge on any atom is 0.416 e. The van der Waals surface area contributed by atoms with Crippen molar-refractivity contribution in [3.63, 3.8) is 0 Å². The van der Waals surface area contributed by atoms with Gasteiger partial charge in [-0.3, -0.25) is 4.79 Å². The highest BCUT2D eigenvalue weighted by Crippen LogP contribution is 2.32. The lowest BCUT2D eigenvalue weighted by molar-refractivity contribution is -0.140. The van der Waals surface area contributed by atoms with E-state index >= 15 is 0 Å². The van der Waals surface area contributed by atoms with Gasteiger partial charge in [-0.25, -0.2) is 0 Å². The Balaban J connectivity index is 2.09. The van der Waals surface area contributed by atoms with E-state index < -0.39 is 17.8 Å². The van der Waals surface area contributed by atoms with Crippen molar-refractivity contribution in [3.8, 4) is 0 Å². The van der Waals surface area contributed by atoms with Crippen molar-refractivity contribution in [2.75, 3.05) is 26.8 Å². The summed E-state index contributed by atoms with van der Waals surface area (Å²) in [6.07, 6.45) is -4.42. The van der Waals surface area contributed by atoms with Gasteiger partial charge in [0, 0.05) is 20.1 Å². The number of morpholine rings is 1. The fourth-order valence-corrected chi connectivity index (χ4v) is 2.26. The van der Waals surface area contributed by atoms with E-state index in [2.05, 4.69) is 5.32 Å². The smallest absolute Gasteiger partial charge is 0.378 e. The molecule has 21 heavy (non-hydrogen) atoms. The quantitative estimate of drug-likeness (QED) is 0.923. The minimum Gasteiger partial charge on any atom is -0.378 e. The first kappa shape index (κ1) is 15.8. The van der Waals surface area contributed by atoms with Gasteiger partial charge in [0.25, 0.3) is 0 Å². The van der Waals surface area contributed by atoms with E-state index in [4.69, 9.17) is 4.74 Å². The number of nitrogens with zero attached hydrogens (tertiary/aromatic N) is 1. The fourth-order valence-electron chi connectivity index (χ4n) is 2.26. The number of carbonyl (C=O) groups excluding carboxylic acids is 1. The number of likely N-dealkylation sites (N-methyl/N-ethyl adjacent to an activating group) is 1. The summed E-state index contributed by atoms with van der Waals surface area (Å²) in [6, 6.07) is 4.78. The molecule has 1 saturated heterocycles. The number of amides is 1. The summed E-state index contributed by atoms with van der Waals surface area (Å²) in [5, 5.41) is 2.99. The molecule has 1 aliphatic rings. The van der Waals surface area contributed by atoms with E-state index in [1.807, 2.05) is 0 Å². The largest absolute Gasteiger partial charge is 0.416 e. The molecule has 2 rings (SSSR count). The topological polar surface area (TPSA) is 41.6 Å². The summed E-state index contributed by atoms with van der Waals surface area (Å²) in [7, 11) is 1.49. The van der Waals surface area contributed by atoms with Gasteiger partial charge in [-0.15, -0.1) is 0 Å². The number of alkyl halides is 3. The average molecular weight is 302 g/mol.